The predicted molar refractivity (Wildman–Crippen MR) is 544 cm³/mol. The van der Waals surface area contributed by atoms with Crippen LogP contribution in [0.15, 0.2) is 322 Å². The maximum Gasteiger partial charge on any atom is 0.416 e. The van der Waals surface area contributed by atoms with E-state index in [2.05, 4.69) is 26.6 Å². The monoisotopic (exact) mass is 2100 g/mol. The third-order valence-corrected chi connectivity index (χ3v) is 34.8. The quantitative estimate of drug-likeness (QED) is 0.0431. The van der Waals surface area contributed by atoms with Gasteiger partial charge in [0.05, 0.1) is 35.0 Å². The molecule has 0 spiro atoms. The van der Waals surface area contributed by atoms with Crippen molar-refractivity contribution in [3.05, 3.63) is 362 Å². The molecule has 0 fully saturated rings. The van der Waals surface area contributed by atoms with Crippen LogP contribution in [-0.4, -0.2) is 162 Å². The molecule has 5 N–H and O–H groups in total. The molecule has 20 rings (SSSR count). The first-order valence-electron chi connectivity index (χ1n) is 44.7. The maximum atomic E-state index is 13.1. The van der Waals surface area contributed by atoms with Gasteiger partial charge in [-0.2, -0.15) is 13.2 Å². The van der Waals surface area contributed by atoms with Crippen LogP contribution in [0.3, 0.4) is 0 Å². The molecule has 5 aliphatic heterocycles. The van der Waals surface area contributed by atoms with E-state index in [9.17, 15) is 113 Å². The number of non-ortho nitro benzene ring substituents is 1. The first kappa shape index (κ1) is 103. The molecule has 33 nitrogen and oxygen atoms in total. The Morgan fingerprint density at radius 2 is 0.558 bits per heavy atom. The Bertz CT molecular complexity index is 8740. The summed E-state index contributed by atoms with van der Waals surface area (Å²) in [5.41, 5.74) is 4.07. The molecule has 5 unspecified atom stereocenters. The molecule has 10 amide bonds. The van der Waals surface area contributed by atoms with Gasteiger partial charge >= 0.3 is 6.18 Å². The number of nitrogens with zero attached hydrogens (tertiary/aromatic N) is 6. The van der Waals surface area contributed by atoms with Gasteiger partial charge < -0.3 is 26.6 Å². The fourth-order valence-corrected chi connectivity index (χ4v) is 24.7. The maximum absolute atomic E-state index is 13.1. The topological polar surface area (TPSA) is 461 Å². The van der Waals surface area contributed by atoms with Gasteiger partial charge in [-0.25, -0.2) is 63.6 Å². The summed E-state index contributed by atoms with van der Waals surface area (Å²) < 4.78 is 170. The molecule has 42 heteroatoms. The van der Waals surface area contributed by atoms with Crippen molar-refractivity contribution in [2.45, 2.75) is 87.9 Å². The van der Waals surface area contributed by atoms with Gasteiger partial charge in [0.25, 0.3) is 85.3 Å². The molecule has 147 heavy (non-hydrogen) atoms. The summed E-state index contributed by atoms with van der Waals surface area (Å²) in [6.07, 6.45) is -4.61. The lowest BCUT2D eigenvalue weighted by Crippen LogP contribution is -2.47. The Labute approximate surface area is 844 Å². The third kappa shape index (κ3) is 20.1. The van der Waals surface area contributed by atoms with Crippen molar-refractivity contribution in [3.63, 3.8) is 0 Å². The smallest absolute Gasteiger partial charge is 0.325 e. The number of halogens is 4. The number of sulfonamides is 5. The number of hydrogen-bond acceptors (Lipinski definition) is 22. The zero-order valence-electron chi connectivity index (χ0n) is 78.6. The normalized spacial score (nSPS) is 17.8. The summed E-state index contributed by atoms with van der Waals surface area (Å²) in [6, 6.07) is 79.3. The van der Waals surface area contributed by atoms with Crippen molar-refractivity contribution in [1.29, 1.82) is 0 Å². The predicted octanol–water partition coefficient (Wildman–Crippen LogP) is 16.5. The van der Waals surface area contributed by atoms with Crippen molar-refractivity contribution in [3.8, 4) is 0 Å². The number of alkyl halides is 3. The summed E-state index contributed by atoms with van der Waals surface area (Å²) in [6.45, 7) is 7.23. The van der Waals surface area contributed by atoms with Crippen LogP contribution in [0.2, 0.25) is 5.02 Å². The van der Waals surface area contributed by atoms with E-state index in [1.165, 1.54) is 80.8 Å². The van der Waals surface area contributed by atoms with E-state index < -0.39 is 155 Å². The molecule has 0 bridgehead atoms. The fraction of sp³-hybridized carbons (Fsp3) is 0.143. The zero-order chi connectivity index (χ0) is 106. The number of benzene rings is 15. The van der Waals surface area contributed by atoms with Gasteiger partial charge in [0, 0.05) is 80.3 Å². The van der Waals surface area contributed by atoms with Crippen LogP contribution >= 0.6 is 11.6 Å². The molecule has 15 aromatic rings. The molecule has 750 valence electrons. The lowest BCUT2D eigenvalue weighted by atomic mass is 9.94. The molecule has 5 atom stereocenters. The third-order valence-electron chi connectivity index (χ3n) is 25.3. The summed E-state index contributed by atoms with van der Waals surface area (Å²) in [4.78, 5) is 139. The van der Waals surface area contributed by atoms with Crippen LogP contribution < -0.4 is 26.6 Å². The van der Waals surface area contributed by atoms with E-state index in [0.717, 1.165) is 80.2 Å². The van der Waals surface area contributed by atoms with E-state index in [1.807, 2.05) is 81.4 Å². The van der Waals surface area contributed by atoms with Crippen LogP contribution in [0.4, 0.5) is 47.3 Å². The number of fused-ring (bicyclic) bond motifs is 10. The number of aryl methyl sites for hydroxylation is 3. The van der Waals surface area contributed by atoms with Gasteiger partial charge in [-0.15, -0.1) is 0 Å². The molecule has 5 aliphatic rings. The Morgan fingerprint density at radius 3 is 0.816 bits per heavy atom. The molecular formula is C105H85ClF3N11O22S5. The molecule has 0 saturated heterocycles. The second-order valence-corrected chi connectivity index (χ2v) is 44.6. The zero-order valence-corrected chi connectivity index (χ0v) is 83.4. The van der Waals surface area contributed by atoms with Crippen LogP contribution in [0.1, 0.15) is 86.6 Å². The number of nitrogens with one attached hydrogen (secondary N) is 5. The average molecular weight is 2110 g/mol. The number of carbonyl (C=O) groups excluding carboxylic acids is 10. The van der Waals surface area contributed by atoms with Gasteiger partial charge in [-0.05, 0) is 242 Å². The van der Waals surface area contributed by atoms with Crippen molar-refractivity contribution in [2.75, 3.05) is 61.3 Å². The fourth-order valence-electron chi connectivity index (χ4n) is 17.3. The van der Waals surface area contributed by atoms with E-state index >= 15 is 0 Å². The summed E-state index contributed by atoms with van der Waals surface area (Å²) in [5, 5.41) is 31.3. The Balaban J connectivity index is 0.000000131. The number of rotatable bonds is 12. The first-order chi connectivity index (χ1) is 69.5. The van der Waals surface area contributed by atoms with Crippen LogP contribution in [0, 0.1) is 30.9 Å². The van der Waals surface area contributed by atoms with E-state index in [0.29, 0.717) is 66.2 Å². The minimum absolute atomic E-state index is 0.00158. The highest BCUT2D eigenvalue weighted by Crippen LogP contribution is 2.46. The molecule has 15 aromatic carbocycles. The molecule has 0 saturated carbocycles. The number of likely N-dealkylation sites (N-methyl/N-ethyl adjacent to an activating group) is 5. The number of nitro groups is 1. The van der Waals surface area contributed by atoms with Crippen LogP contribution in [0.25, 0.3) is 53.9 Å². The van der Waals surface area contributed by atoms with E-state index in [-0.39, 0.29) is 75.9 Å². The van der Waals surface area contributed by atoms with Gasteiger partial charge in [0.15, 0.2) is 0 Å². The Kier molecular flexibility index (Phi) is 28.3. The molecule has 5 heterocycles. The highest BCUT2D eigenvalue weighted by atomic mass is 35.5. The van der Waals surface area contributed by atoms with Crippen LogP contribution in [0.5, 0.6) is 0 Å². The standard InChI is InChI=1S/C22H20N2O4S.C21H17ClN2O4S.C21H15F3N2O4S.C21H18N2O4S.C20H15N3O6S/c1-3-24-22(26)20(21(25)23-17-10-8-14(2)9-11-17)18-12-15-6-4-5-7-16(15)13-19(18)29(24,27)28;1-12-7-8-15(11-17(12)22)23-20(25)19-16-9-13-5-3-4-6-14(13)10-18(16)29(27,28)24(2)21(19)26;1-26-20(28)18(19(27)25-15-8-4-7-14(11-15)21(22,23)24)16-9-12-5-2-3-6-13(12)10-17(16)31(26,29)30;1-13-7-9-16(10-8-13)22-20(24)19-17-11-14-5-3-4-6-15(14)12-18(17)28(26,27)23(2)21(19)25;1-22-20(25)18(19(24)21-14-6-8-15(9-7-14)23(26)27)16-10-12-4-2-3-5-13(12)11-17(16)30(22,28)29/h4-13,20H,3H2,1-2H3,(H,23,25);3-11,19H,1-2H3,(H,23,25);2-11,18H,1H3,(H,25,27);3-12,19H,1-2H3,(H,22,24);2-11,18H,1H3,(H,21,24). The average Bonchev–Trinajstić information content (AvgIpc) is 0.745. The highest BCUT2D eigenvalue weighted by Gasteiger charge is 2.51. The summed E-state index contributed by atoms with van der Waals surface area (Å²) in [7, 11) is -15.8. The molecule has 0 aromatic heterocycles. The molecule has 0 radical (unpaired) electrons. The first-order valence-corrected chi connectivity index (χ1v) is 52.3. The van der Waals surface area contributed by atoms with Crippen LogP contribution in [-0.2, 0) is 104 Å². The number of carbonyl (C=O) groups is 10. The second kappa shape index (κ2) is 40.3. The van der Waals surface area contributed by atoms with Crippen molar-refractivity contribution >= 4 is 209 Å². The van der Waals surface area contributed by atoms with E-state index in [1.54, 1.807) is 159 Å². The minimum atomic E-state index is -4.61. The van der Waals surface area contributed by atoms with E-state index in [4.69, 9.17) is 11.6 Å². The lowest BCUT2D eigenvalue weighted by Gasteiger charge is -2.32. The summed E-state index contributed by atoms with van der Waals surface area (Å²) >= 11 is 6.11. The molecule has 0 aliphatic carbocycles. The summed E-state index contributed by atoms with van der Waals surface area (Å²) in [5.74, 6) is -14.3. The Morgan fingerprint density at radius 1 is 0.320 bits per heavy atom. The second-order valence-electron chi connectivity index (χ2n) is 34.6. The molecular weight excluding hydrogens is 2020 g/mol. The Hall–Kier alpha value is -16.5. The van der Waals surface area contributed by atoms with Gasteiger partial charge in [0.2, 0.25) is 29.5 Å². The van der Waals surface area contributed by atoms with Crippen molar-refractivity contribution in [1.82, 2.24) is 21.5 Å². The number of amides is 10. The van der Waals surface area contributed by atoms with Crippen molar-refractivity contribution < 1.29 is 108 Å². The number of nitro benzene ring substituents is 1. The van der Waals surface area contributed by atoms with Gasteiger partial charge in [0.1, 0.15) is 29.6 Å². The van der Waals surface area contributed by atoms with Crippen molar-refractivity contribution in [2.24, 2.45) is 0 Å². The SMILES string of the molecule is CCN1C(=O)C(C(=O)Nc2ccc(C)cc2)c2cc3ccccc3cc2S1(=O)=O.CN1C(=O)C(C(=O)Nc2ccc([N+](=O)[O-])cc2)c2cc3ccccc3cc2S1(=O)=O.CN1C(=O)C(C(=O)Nc2cccc(C(F)(F)F)c2)c2cc3ccccc3cc2S1(=O)=O.Cc1ccc(NC(=O)C2C(=O)N(C)S(=O)(=O)c3cc4ccccc4cc32)cc1.Cc1ccc(NC(=O)C2C(=O)N(C)S(=O)(=O)c3cc4ccccc4cc32)cc1Cl. The van der Waals surface area contributed by atoms with Gasteiger partial charge in [-0.3, -0.25) is 58.1 Å². The minimum Gasteiger partial charge on any atom is -0.325 e. The lowest BCUT2D eigenvalue weighted by molar-refractivity contribution is -0.384. The largest absolute Gasteiger partial charge is 0.416 e. The number of anilines is 5. The number of hydrogen-bond donors (Lipinski definition) is 5. The van der Waals surface area contributed by atoms with Gasteiger partial charge in [-0.1, -0.05) is 180 Å². The highest BCUT2D eigenvalue weighted by molar-refractivity contribution is 7.91.